The molecule has 2 unspecified atom stereocenters. The van der Waals surface area contributed by atoms with Gasteiger partial charge in [-0.25, -0.2) is 0 Å². The summed E-state index contributed by atoms with van der Waals surface area (Å²) in [6, 6.07) is 0. The lowest BCUT2D eigenvalue weighted by Crippen LogP contribution is -2.51. The van der Waals surface area contributed by atoms with E-state index in [2.05, 4.69) is 6.92 Å². The maximum Gasteiger partial charge on any atom is 0.154 e. The van der Waals surface area contributed by atoms with E-state index in [-0.39, 0.29) is 5.54 Å². The van der Waals surface area contributed by atoms with Crippen molar-refractivity contribution in [3.63, 3.8) is 0 Å². The molecule has 2 fully saturated rings. The molecule has 0 amide bonds. The van der Waals surface area contributed by atoms with Gasteiger partial charge in [0.05, 0.1) is 12.1 Å². The molecule has 0 aromatic heterocycles. The number of amidine groups is 1. The number of hydrogen-bond donors (Lipinski definition) is 1. The van der Waals surface area contributed by atoms with Gasteiger partial charge in [0.25, 0.3) is 0 Å². The van der Waals surface area contributed by atoms with E-state index in [0.29, 0.717) is 5.92 Å². The van der Waals surface area contributed by atoms with Crippen molar-refractivity contribution in [1.29, 1.82) is 0 Å². The molecule has 2 aliphatic heterocycles. The molecule has 0 spiro atoms. The van der Waals surface area contributed by atoms with Crippen LogP contribution >= 0.6 is 11.8 Å². The minimum Gasteiger partial charge on any atom is -0.379 e. The third kappa shape index (κ3) is 1.49. The SMILES string of the molecule is C[C@@H]1C[C@H]1C12COCCC1CSC(N)=N2. The van der Waals surface area contributed by atoms with Gasteiger partial charge in [-0.3, -0.25) is 4.99 Å². The van der Waals surface area contributed by atoms with E-state index in [4.69, 9.17) is 15.5 Å². The van der Waals surface area contributed by atoms with Crippen LogP contribution in [0.1, 0.15) is 19.8 Å². The van der Waals surface area contributed by atoms with Crippen LogP contribution in [0.2, 0.25) is 0 Å². The summed E-state index contributed by atoms with van der Waals surface area (Å²) >= 11 is 1.72. The lowest BCUT2D eigenvalue weighted by Gasteiger charge is -2.44. The zero-order valence-corrected chi connectivity index (χ0v) is 9.93. The number of aliphatic imine (C=N–C) groups is 1. The normalized spacial score (nSPS) is 49.4. The van der Waals surface area contributed by atoms with E-state index in [9.17, 15) is 0 Å². The monoisotopic (exact) mass is 226 g/mol. The van der Waals surface area contributed by atoms with Crippen LogP contribution in [0, 0.1) is 17.8 Å². The second kappa shape index (κ2) is 3.39. The fourth-order valence-corrected chi connectivity index (χ4v) is 4.18. The van der Waals surface area contributed by atoms with Crippen molar-refractivity contribution in [3.8, 4) is 0 Å². The van der Waals surface area contributed by atoms with Gasteiger partial charge in [0.15, 0.2) is 5.17 Å². The van der Waals surface area contributed by atoms with Crippen molar-refractivity contribution >= 4 is 16.9 Å². The minimum atomic E-state index is 0.0486. The maximum absolute atomic E-state index is 5.90. The molecule has 1 saturated heterocycles. The smallest absolute Gasteiger partial charge is 0.154 e. The average Bonchev–Trinajstić information content (AvgIpc) is 2.96. The van der Waals surface area contributed by atoms with E-state index in [0.717, 1.165) is 42.4 Å². The van der Waals surface area contributed by atoms with Crippen LogP contribution in [-0.2, 0) is 4.74 Å². The van der Waals surface area contributed by atoms with E-state index in [1.807, 2.05) is 0 Å². The van der Waals surface area contributed by atoms with Crippen LogP contribution in [0.4, 0.5) is 0 Å². The van der Waals surface area contributed by atoms with E-state index < -0.39 is 0 Å². The largest absolute Gasteiger partial charge is 0.379 e. The predicted octanol–water partition coefficient (Wildman–Crippen LogP) is 1.48. The third-order valence-electron chi connectivity index (χ3n) is 4.15. The molecule has 2 N–H and O–H groups in total. The topological polar surface area (TPSA) is 47.6 Å². The number of nitrogens with two attached hydrogens (primary N) is 1. The van der Waals surface area contributed by atoms with Crippen LogP contribution in [0.15, 0.2) is 4.99 Å². The zero-order chi connectivity index (χ0) is 10.5. The molecule has 3 rings (SSSR count). The molecule has 3 nitrogen and oxygen atoms in total. The quantitative estimate of drug-likeness (QED) is 0.736. The summed E-state index contributed by atoms with van der Waals surface area (Å²) in [5.41, 5.74) is 5.94. The molecule has 0 bridgehead atoms. The van der Waals surface area contributed by atoms with Gasteiger partial charge < -0.3 is 10.5 Å². The van der Waals surface area contributed by atoms with Gasteiger partial charge in [-0.15, -0.1) is 0 Å². The Hall–Kier alpha value is -0.220. The molecular weight excluding hydrogens is 208 g/mol. The zero-order valence-electron chi connectivity index (χ0n) is 9.11. The van der Waals surface area contributed by atoms with Gasteiger partial charge in [-0.05, 0) is 30.6 Å². The number of rotatable bonds is 1. The Bertz CT molecular complexity index is 307. The first-order valence-corrected chi connectivity index (χ1v) is 6.77. The van der Waals surface area contributed by atoms with Crippen LogP contribution in [0.25, 0.3) is 0 Å². The summed E-state index contributed by atoms with van der Waals surface area (Å²) < 4.78 is 5.67. The standard InChI is InChI=1S/C11H18N2OS/c1-7-4-9(7)11-6-14-3-2-8(11)5-15-10(12)13-11/h7-9H,2-6H2,1H3,(H2,12,13)/t7-,8?,9-,11?/m1/s1. The molecule has 2 heterocycles. The van der Waals surface area contributed by atoms with Crippen LogP contribution in [-0.4, -0.2) is 29.7 Å². The Morgan fingerprint density at radius 1 is 1.60 bits per heavy atom. The molecule has 3 aliphatic rings. The van der Waals surface area contributed by atoms with Crippen LogP contribution < -0.4 is 5.73 Å². The average molecular weight is 226 g/mol. The summed E-state index contributed by atoms with van der Waals surface area (Å²) in [4.78, 5) is 4.78. The summed E-state index contributed by atoms with van der Waals surface area (Å²) in [5.74, 6) is 3.37. The van der Waals surface area contributed by atoms with Gasteiger partial charge in [0.1, 0.15) is 0 Å². The molecular formula is C11H18N2OS. The summed E-state index contributed by atoms with van der Waals surface area (Å²) in [7, 11) is 0. The van der Waals surface area contributed by atoms with E-state index in [1.54, 1.807) is 11.8 Å². The number of thioether (sulfide) groups is 1. The van der Waals surface area contributed by atoms with E-state index >= 15 is 0 Å². The first-order chi connectivity index (χ1) is 7.22. The molecule has 84 valence electrons. The van der Waals surface area contributed by atoms with Crippen molar-refractivity contribution in [3.05, 3.63) is 0 Å². The second-order valence-electron chi connectivity index (χ2n) is 5.11. The van der Waals surface area contributed by atoms with Crippen molar-refractivity contribution in [2.75, 3.05) is 19.0 Å². The van der Waals surface area contributed by atoms with Gasteiger partial charge >= 0.3 is 0 Å². The van der Waals surface area contributed by atoms with Crippen molar-refractivity contribution in [1.82, 2.24) is 0 Å². The Balaban J connectivity index is 1.94. The van der Waals surface area contributed by atoms with E-state index in [1.165, 1.54) is 6.42 Å². The molecule has 1 saturated carbocycles. The Kier molecular flexibility index (Phi) is 2.25. The van der Waals surface area contributed by atoms with Crippen molar-refractivity contribution in [2.24, 2.45) is 28.5 Å². The van der Waals surface area contributed by atoms with Gasteiger partial charge in [0, 0.05) is 12.4 Å². The highest BCUT2D eigenvalue weighted by Gasteiger charge is 2.57. The fourth-order valence-electron chi connectivity index (χ4n) is 3.12. The molecule has 0 radical (unpaired) electrons. The number of nitrogens with zero attached hydrogens (tertiary/aromatic N) is 1. The number of ether oxygens (including phenoxy) is 1. The molecule has 4 atom stereocenters. The first-order valence-electron chi connectivity index (χ1n) is 5.78. The molecule has 0 aromatic carbocycles. The first kappa shape index (κ1) is 9.97. The van der Waals surface area contributed by atoms with Gasteiger partial charge in [-0.1, -0.05) is 18.7 Å². The Labute approximate surface area is 94.8 Å². The van der Waals surface area contributed by atoms with Crippen LogP contribution in [0.3, 0.4) is 0 Å². The predicted molar refractivity (Wildman–Crippen MR) is 63.0 cm³/mol. The van der Waals surface area contributed by atoms with Gasteiger partial charge in [0.2, 0.25) is 0 Å². The summed E-state index contributed by atoms with van der Waals surface area (Å²) in [5, 5.41) is 0.774. The number of hydrogen-bond acceptors (Lipinski definition) is 4. The lowest BCUT2D eigenvalue weighted by molar-refractivity contribution is -0.00554. The minimum absolute atomic E-state index is 0.0486. The Morgan fingerprint density at radius 3 is 3.13 bits per heavy atom. The maximum atomic E-state index is 5.90. The highest BCUT2D eigenvalue weighted by Crippen LogP contribution is 2.54. The molecule has 1 aliphatic carbocycles. The molecule has 15 heavy (non-hydrogen) atoms. The van der Waals surface area contributed by atoms with Gasteiger partial charge in [-0.2, -0.15) is 0 Å². The number of fused-ring (bicyclic) bond motifs is 1. The third-order valence-corrected chi connectivity index (χ3v) is 5.11. The van der Waals surface area contributed by atoms with Crippen molar-refractivity contribution < 1.29 is 4.74 Å². The lowest BCUT2D eigenvalue weighted by atomic mass is 9.77. The second-order valence-corrected chi connectivity index (χ2v) is 6.15. The highest BCUT2D eigenvalue weighted by atomic mass is 32.2. The molecule has 4 heteroatoms. The van der Waals surface area contributed by atoms with Crippen molar-refractivity contribution in [2.45, 2.75) is 25.3 Å². The fraction of sp³-hybridized carbons (Fsp3) is 0.909. The highest BCUT2D eigenvalue weighted by molar-refractivity contribution is 8.13. The van der Waals surface area contributed by atoms with Crippen LogP contribution in [0.5, 0.6) is 0 Å². The summed E-state index contributed by atoms with van der Waals surface area (Å²) in [6.07, 6.45) is 2.47. The summed E-state index contributed by atoms with van der Waals surface area (Å²) in [6.45, 7) is 4.02. The molecule has 0 aromatic rings. The Morgan fingerprint density at radius 2 is 2.40 bits per heavy atom.